The van der Waals surface area contributed by atoms with E-state index in [0.717, 1.165) is 24.8 Å². The fourth-order valence-corrected chi connectivity index (χ4v) is 5.76. The zero-order chi connectivity index (χ0) is 33.4. The number of carbonyl (C=O) groups excluding carboxylic acids is 1. The lowest BCUT2D eigenvalue weighted by Crippen LogP contribution is -2.44. The van der Waals surface area contributed by atoms with E-state index in [-0.39, 0.29) is 5.41 Å². The smallest absolute Gasteiger partial charge is 0.497 e. The summed E-state index contributed by atoms with van der Waals surface area (Å²) in [5, 5.41) is 17.1. The number of carboxylic acids is 1. The number of nitrogens with zero attached hydrogens (tertiary/aromatic N) is 2. The average Bonchev–Trinajstić information content (AvgIpc) is 3.33. The van der Waals surface area contributed by atoms with Gasteiger partial charge in [0.2, 0.25) is 5.60 Å². The van der Waals surface area contributed by atoms with Crippen molar-refractivity contribution in [2.24, 2.45) is 5.16 Å². The SMILES string of the molecule is COc1cc(NC(C(=O)N2CC3(CCC3)c3ccc(OC(F)(F)F)cc32)c2ccc(Cl)cc2)cc(/C(C)=N/OC(C)(C)C(=O)O)c1. The summed E-state index contributed by atoms with van der Waals surface area (Å²) >= 11 is 6.16. The molecule has 1 aliphatic carbocycles. The second-order valence-corrected chi connectivity index (χ2v) is 12.4. The Hall–Kier alpha value is -4.45. The van der Waals surface area contributed by atoms with Crippen molar-refractivity contribution in [1.29, 1.82) is 0 Å². The molecular weight excluding hydrogens is 627 g/mol. The molecule has 0 radical (unpaired) electrons. The van der Waals surface area contributed by atoms with Crippen molar-refractivity contribution in [2.45, 2.75) is 63.5 Å². The van der Waals surface area contributed by atoms with Crippen LogP contribution < -0.4 is 19.7 Å². The van der Waals surface area contributed by atoms with Gasteiger partial charge in [-0.15, -0.1) is 13.2 Å². The predicted molar refractivity (Wildman–Crippen MR) is 167 cm³/mol. The molecule has 2 aliphatic rings. The fraction of sp³-hybridized carbons (Fsp3) is 0.364. The van der Waals surface area contributed by atoms with Crippen LogP contribution in [0.3, 0.4) is 0 Å². The second-order valence-electron chi connectivity index (χ2n) is 11.9. The molecule has 0 saturated heterocycles. The van der Waals surface area contributed by atoms with E-state index in [2.05, 4.69) is 15.2 Å². The van der Waals surface area contributed by atoms with Gasteiger partial charge in [0.05, 0.1) is 18.5 Å². The maximum Gasteiger partial charge on any atom is 0.573 e. The van der Waals surface area contributed by atoms with Crippen LogP contribution in [-0.4, -0.2) is 48.3 Å². The molecule has 9 nitrogen and oxygen atoms in total. The molecule has 1 atom stereocenters. The van der Waals surface area contributed by atoms with E-state index < -0.39 is 35.6 Å². The zero-order valence-corrected chi connectivity index (χ0v) is 26.3. The minimum absolute atomic E-state index is 0.314. The summed E-state index contributed by atoms with van der Waals surface area (Å²) in [6.07, 6.45) is -2.33. The van der Waals surface area contributed by atoms with Crippen molar-refractivity contribution in [3.05, 3.63) is 82.4 Å². The van der Waals surface area contributed by atoms with E-state index in [1.54, 1.807) is 55.5 Å². The molecule has 1 spiro atoms. The Kier molecular flexibility index (Phi) is 8.87. The first-order valence-electron chi connectivity index (χ1n) is 14.5. The molecule has 1 aliphatic heterocycles. The van der Waals surface area contributed by atoms with Gasteiger partial charge in [0.15, 0.2) is 0 Å². The van der Waals surface area contributed by atoms with Gasteiger partial charge in [-0.1, -0.05) is 41.4 Å². The Labute approximate surface area is 268 Å². The Morgan fingerprint density at radius 1 is 1.04 bits per heavy atom. The monoisotopic (exact) mass is 659 g/mol. The van der Waals surface area contributed by atoms with Crippen LogP contribution in [0.1, 0.15) is 62.8 Å². The molecule has 1 saturated carbocycles. The highest BCUT2D eigenvalue weighted by Gasteiger charge is 2.50. The molecule has 2 N–H and O–H groups in total. The van der Waals surface area contributed by atoms with Crippen molar-refractivity contribution in [2.75, 3.05) is 23.9 Å². The summed E-state index contributed by atoms with van der Waals surface area (Å²) < 4.78 is 49.1. The van der Waals surface area contributed by atoms with E-state index >= 15 is 0 Å². The molecule has 1 fully saturated rings. The fourth-order valence-electron chi connectivity index (χ4n) is 5.63. The lowest BCUT2D eigenvalue weighted by Gasteiger charge is -2.39. The molecule has 1 heterocycles. The minimum Gasteiger partial charge on any atom is -0.497 e. The third-order valence-electron chi connectivity index (χ3n) is 8.35. The molecule has 13 heteroatoms. The van der Waals surface area contributed by atoms with Gasteiger partial charge in [-0.05, 0) is 75.1 Å². The number of alkyl halides is 3. The van der Waals surface area contributed by atoms with E-state index in [1.807, 2.05) is 0 Å². The minimum atomic E-state index is -4.89. The quantitative estimate of drug-likeness (QED) is 0.172. The average molecular weight is 660 g/mol. The molecule has 3 aromatic rings. The summed E-state index contributed by atoms with van der Waals surface area (Å²) in [5.74, 6) is -1.57. The van der Waals surface area contributed by atoms with Crippen LogP contribution in [0.4, 0.5) is 24.5 Å². The summed E-state index contributed by atoms with van der Waals surface area (Å²) in [5.41, 5.74) is 1.18. The highest BCUT2D eigenvalue weighted by molar-refractivity contribution is 6.30. The van der Waals surface area contributed by atoms with Crippen molar-refractivity contribution >= 4 is 40.6 Å². The first kappa shape index (κ1) is 32.9. The highest BCUT2D eigenvalue weighted by atomic mass is 35.5. The number of fused-ring (bicyclic) bond motifs is 2. The van der Waals surface area contributed by atoms with Gasteiger partial charge in [0, 0.05) is 40.4 Å². The standard InChI is InChI=1S/C33H33ClF3N3O6/c1-19(39-46-31(2,3)30(42)43)21-14-23(16-25(15-21)44-4)38-28(20-6-8-22(34)9-7-20)29(41)40-18-32(12-5-13-32)26-11-10-24(17-27(26)40)45-33(35,36)37/h6-11,14-17,28,38H,5,12-13,18H2,1-4H3,(H,42,43)/b39-19+. The highest BCUT2D eigenvalue weighted by Crippen LogP contribution is 2.54. The van der Waals surface area contributed by atoms with Crippen LogP contribution in [0.15, 0.2) is 65.8 Å². The number of carbonyl (C=O) groups is 2. The van der Waals surface area contributed by atoms with Crippen LogP contribution in [0.2, 0.25) is 5.02 Å². The van der Waals surface area contributed by atoms with Gasteiger partial charge in [-0.25, -0.2) is 4.79 Å². The molecule has 1 unspecified atom stereocenters. The zero-order valence-electron chi connectivity index (χ0n) is 25.6. The summed E-state index contributed by atoms with van der Waals surface area (Å²) in [6.45, 7) is 4.69. The number of oxime groups is 1. The number of methoxy groups -OCH3 is 1. The third kappa shape index (κ3) is 6.86. The lowest BCUT2D eigenvalue weighted by atomic mass is 9.66. The molecular formula is C33H33ClF3N3O6. The lowest BCUT2D eigenvalue weighted by molar-refractivity contribution is -0.274. The van der Waals surface area contributed by atoms with Crippen LogP contribution in [0.25, 0.3) is 0 Å². The first-order chi connectivity index (χ1) is 21.6. The molecule has 244 valence electrons. The van der Waals surface area contributed by atoms with Crippen LogP contribution in [0.5, 0.6) is 11.5 Å². The summed E-state index contributed by atoms with van der Waals surface area (Å²) in [4.78, 5) is 32.8. The molecule has 0 aromatic heterocycles. The van der Waals surface area contributed by atoms with Gasteiger partial charge in [0.25, 0.3) is 5.91 Å². The van der Waals surface area contributed by atoms with Gasteiger partial charge in [0.1, 0.15) is 17.5 Å². The van der Waals surface area contributed by atoms with Crippen molar-refractivity contribution in [3.63, 3.8) is 0 Å². The maximum absolute atomic E-state index is 14.5. The van der Waals surface area contributed by atoms with E-state index in [0.29, 0.717) is 45.5 Å². The third-order valence-corrected chi connectivity index (χ3v) is 8.60. The van der Waals surface area contributed by atoms with Gasteiger partial charge in [-0.2, -0.15) is 0 Å². The number of rotatable bonds is 10. The van der Waals surface area contributed by atoms with E-state index in [1.165, 1.54) is 38.0 Å². The number of benzene rings is 3. The number of nitrogens with one attached hydrogen (secondary N) is 1. The normalized spacial score (nSPS) is 16.3. The topological polar surface area (TPSA) is 110 Å². The molecule has 5 rings (SSSR count). The predicted octanol–water partition coefficient (Wildman–Crippen LogP) is 7.47. The Balaban J connectivity index is 1.53. The number of amides is 1. The number of anilines is 2. The number of aliphatic carboxylic acids is 1. The van der Waals surface area contributed by atoms with Gasteiger partial charge < -0.3 is 29.6 Å². The molecule has 0 bridgehead atoms. The Morgan fingerprint density at radius 3 is 2.33 bits per heavy atom. The maximum atomic E-state index is 14.5. The Morgan fingerprint density at radius 2 is 1.74 bits per heavy atom. The molecule has 3 aromatic carbocycles. The van der Waals surface area contributed by atoms with E-state index in [4.69, 9.17) is 21.2 Å². The number of hydrogen-bond donors (Lipinski definition) is 2. The number of hydrogen-bond acceptors (Lipinski definition) is 7. The van der Waals surface area contributed by atoms with Crippen LogP contribution in [-0.2, 0) is 19.8 Å². The molecule has 1 amide bonds. The number of halogens is 4. The van der Waals surface area contributed by atoms with Crippen molar-refractivity contribution in [1.82, 2.24) is 0 Å². The Bertz CT molecular complexity index is 1670. The largest absolute Gasteiger partial charge is 0.573 e. The van der Waals surface area contributed by atoms with E-state index in [9.17, 15) is 27.9 Å². The van der Waals surface area contributed by atoms with Crippen molar-refractivity contribution < 1.29 is 42.2 Å². The van der Waals surface area contributed by atoms with Gasteiger partial charge in [-0.3, -0.25) is 4.79 Å². The van der Waals surface area contributed by atoms with Gasteiger partial charge >= 0.3 is 12.3 Å². The number of carboxylic acid groups (broad SMARTS) is 1. The number of ether oxygens (including phenoxy) is 2. The first-order valence-corrected chi connectivity index (χ1v) is 14.9. The summed E-state index contributed by atoms with van der Waals surface area (Å²) in [7, 11) is 1.47. The molecule has 46 heavy (non-hydrogen) atoms. The van der Waals surface area contributed by atoms with Crippen LogP contribution >= 0.6 is 11.6 Å². The second kappa shape index (κ2) is 12.4. The van der Waals surface area contributed by atoms with Crippen molar-refractivity contribution in [3.8, 4) is 11.5 Å². The summed E-state index contributed by atoms with van der Waals surface area (Å²) in [6, 6.07) is 14.9. The van der Waals surface area contributed by atoms with Crippen LogP contribution in [0, 0.1) is 0 Å².